The van der Waals surface area contributed by atoms with E-state index >= 15 is 4.39 Å². The summed E-state index contributed by atoms with van der Waals surface area (Å²) in [5, 5.41) is 15.1. The number of alkyl halides is 3. The van der Waals surface area contributed by atoms with Crippen LogP contribution < -0.4 is 10.2 Å². The lowest BCUT2D eigenvalue weighted by Gasteiger charge is -2.40. The van der Waals surface area contributed by atoms with E-state index in [-0.39, 0.29) is 82.2 Å². The number of nitrogens with one attached hydrogen (secondary N) is 1. The summed E-state index contributed by atoms with van der Waals surface area (Å²) in [6, 6.07) is 14.6. The van der Waals surface area contributed by atoms with Gasteiger partial charge < -0.3 is 19.7 Å². The van der Waals surface area contributed by atoms with Crippen LogP contribution in [0.3, 0.4) is 0 Å². The Kier molecular flexibility index (Phi) is 8.46. The number of piperidine rings is 1. The van der Waals surface area contributed by atoms with E-state index in [1.165, 1.54) is 17.0 Å². The average Bonchev–Trinajstić information content (AvgIpc) is 3.46. The highest BCUT2D eigenvalue weighted by Gasteiger charge is 2.57. The van der Waals surface area contributed by atoms with Gasteiger partial charge >= 0.3 is 6.18 Å². The molecule has 4 saturated heterocycles. The number of rotatable bonds is 7. The van der Waals surface area contributed by atoms with E-state index in [2.05, 4.69) is 22.0 Å². The Balaban J connectivity index is 1.19. The number of hydrogen-bond donors (Lipinski definition) is 1. The van der Waals surface area contributed by atoms with Gasteiger partial charge in [0.2, 0.25) is 11.8 Å². The van der Waals surface area contributed by atoms with Gasteiger partial charge in [0.15, 0.2) is 5.82 Å². The van der Waals surface area contributed by atoms with Gasteiger partial charge in [-0.25, -0.2) is 9.37 Å². The van der Waals surface area contributed by atoms with Crippen molar-refractivity contribution < 1.29 is 27.2 Å². The highest BCUT2D eigenvalue weighted by Crippen LogP contribution is 2.54. The SMILES string of the molecule is Cc1nc2c(F)c(-c3cccc(Cl)c3Cl)c(CCC#N)cc2c2c1cc([C@H]1[C@H]3C[C@H](C(=O)N(c4ccc(C(F)(F)F)cc4)C3)N1C(=O)C1CC1)n2[C@H]1[C@H]2CN[C@@H]1C2. The molecule has 0 radical (unpaired) electrons. The van der Waals surface area contributed by atoms with Gasteiger partial charge in [-0.1, -0.05) is 35.3 Å². The monoisotopic (exact) mass is 814 g/mol. The van der Waals surface area contributed by atoms with Crippen molar-refractivity contribution in [3.05, 3.63) is 93.0 Å². The molecule has 2 saturated carbocycles. The van der Waals surface area contributed by atoms with E-state index < -0.39 is 29.6 Å². The average molecular weight is 816 g/mol. The number of anilines is 1. The summed E-state index contributed by atoms with van der Waals surface area (Å²) in [5.41, 5.74) is 3.15. The molecule has 6 aliphatic rings. The first-order valence-electron chi connectivity index (χ1n) is 19.4. The molecule has 11 rings (SSSR count). The van der Waals surface area contributed by atoms with Gasteiger partial charge in [-0.2, -0.15) is 18.4 Å². The van der Waals surface area contributed by atoms with Crippen LogP contribution in [0, 0.1) is 41.8 Å². The number of fused-ring (bicyclic) bond motifs is 6. The summed E-state index contributed by atoms with van der Waals surface area (Å²) < 4.78 is 60.1. The lowest BCUT2D eigenvalue weighted by molar-refractivity contribution is -0.140. The van der Waals surface area contributed by atoms with E-state index in [1.807, 2.05) is 13.0 Å². The molecule has 1 N–H and O–H groups in total. The quantitative estimate of drug-likeness (QED) is 0.165. The van der Waals surface area contributed by atoms with E-state index in [0.29, 0.717) is 34.3 Å². The fourth-order valence-corrected chi connectivity index (χ4v) is 10.6. The van der Waals surface area contributed by atoms with Crippen molar-refractivity contribution in [1.29, 1.82) is 5.26 Å². The molecule has 3 aromatic carbocycles. The van der Waals surface area contributed by atoms with Crippen molar-refractivity contribution in [3.8, 4) is 17.2 Å². The fourth-order valence-electron chi connectivity index (χ4n) is 10.2. The number of benzene rings is 3. The van der Waals surface area contributed by atoms with Crippen LogP contribution >= 0.6 is 23.2 Å². The molecule has 2 aromatic heterocycles. The van der Waals surface area contributed by atoms with E-state index in [0.717, 1.165) is 54.5 Å². The predicted octanol–water partition coefficient (Wildman–Crippen LogP) is 9.33. The second-order valence-electron chi connectivity index (χ2n) is 16.2. The normalized spacial score (nSPS) is 25.4. The first kappa shape index (κ1) is 36.6. The van der Waals surface area contributed by atoms with Gasteiger partial charge in [-0.15, -0.1) is 0 Å². The fraction of sp³-hybridized carbons (Fsp3) is 0.395. The van der Waals surface area contributed by atoms with Crippen LogP contribution in [0.15, 0.2) is 54.6 Å². The minimum atomic E-state index is -4.52. The summed E-state index contributed by atoms with van der Waals surface area (Å²) in [6.07, 6.45) is -1.29. The Morgan fingerprint density at radius 1 is 1.05 bits per heavy atom. The summed E-state index contributed by atoms with van der Waals surface area (Å²) in [6.45, 7) is 2.86. The first-order chi connectivity index (χ1) is 27.3. The van der Waals surface area contributed by atoms with Crippen LogP contribution in [0.25, 0.3) is 32.9 Å². The zero-order chi connectivity index (χ0) is 39.7. The lowest BCUT2D eigenvalue weighted by Crippen LogP contribution is -2.49. The largest absolute Gasteiger partial charge is 0.416 e. The summed E-state index contributed by atoms with van der Waals surface area (Å²) in [4.78, 5) is 36.9. The van der Waals surface area contributed by atoms with Gasteiger partial charge in [0.25, 0.3) is 0 Å². The molecule has 0 spiro atoms. The van der Waals surface area contributed by atoms with Crippen molar-refractivity contribution in [1.82, 2.24) is 19.8 Å². The third-order valence-electron chi connectivity index (χ3n) is 13.0. The van der Waals surface area contributed by atoms with Crippen LogP contribution in [0.5, 0.6) is 0 Å². The lowest BCUT2D eigenvalue weighted by atomic mass is 9.79. The topological polar surface area (TPSA) is 94.3 Å². The van der Waals surface area contributed by atoms with Crippen molar-refractivity contribution in [3.63, 3.8) is 0 Å². The maximum atomic E-state index is 17.3. The Bertz CT molecular complexity index is 2570. The highest BCUT2D eigenvalue weighted by molar-refractivity contribution is 6.43. The molecular formula is C43H36Cl2F4N6O2. The molecule has 57 heavy (non-hydrogen) atoms. The first-order valence-corrected chi connectivity index (χ1v) is 20.1. The van der Waals surface area contributed by atoms with Crippen LogP contribution in [-0.2, 0) is 22.2 Å². The molecule has 0 unspecified atom stereocenters. The van der Waals surface area contributed by atoms with Crippen LogP contribution in [0.4, 0.5) is 23.2 Å². The van der Waals surface area contributed by atoms with E-state index in [1.54, 1.807) is 23.1 Å². The molecule has 2 amide bonds. The zero-order valence-electron chi connectivity index (χ0n) is 30.7. The third-order valence-corrected chi connectivity index (χ3v) is 13.8. The van der Waals surface area contributed by atoms with Gasteiger partial charge in [-0.3, -0.25) is 9.59 Å². The number of carbonyl (C=O) groups is 2. The molecule has 6 fully saturated rings. The van der Waals surface area contributed by atoms with E-state index in [4.69, 9.17) is 28.2 Å². The Labute approximate surface area is 335 Å². The summed E-state index contributed by atoms with van der Waals surface area (Å²) >= 11 is 13.1. The number of hydrogen-bond acceptors (Lipinski definition) is 5. The predicted molar refractivity (Wildman–Crippen MR) is 208 cm³/mol. The zero-order valence-corrected chi connectivity index (χ0v) is 32.2. The number of pyridine rings is 1. The van der Waals surface area contributed by atoms with Crippen molar-refractivity contribution >= 4 is 62.5 Å². The maximum Gasteiger partial charge on any atom is 0.416 e. The number of carbonyl (C=O) groups excluding carboxylic acids is 2. The second kappa shape index (κ2) is 13.2. The maximum absolute atomic E-state index is 17.3. The van der Waals surface area contributed by atoms with Gasteiger partial charge in [-0.05, 0) is 93.0 Å². The van der Waals surface area contributed by atoms with Crippen LogP contribution in [-0.4, -0.2) is 51.4 Å². The van der Waals surface area contributed by atoms with Gasteiger partial charge in [0.1, 0.15) is 11.6 Å². The molecule has 4 aliphatic heterocycles. The van der Waals surface area contributed by atoms with Crippen LogP contribution in [0.1, 0.15) is 66.7 Å². The van der Waals surface area contributed by atoms with Crippen molar-refractivity contribution in [2.75, 3.05) is 18.0 Å². The number of aromatic nitrogens is 2. The number of aryl methyl sites for hydroxylation is 2. The molecule has 5 aromatic rings. The number of nitrogens with zero attached hydrogens (tertiary/aromatic N) is 5. The van der Waals surface area contributed by atoms with Crippen LogP contribution in [0.2, 0.25) is 10.0 Å². The number of likely N-dealkylation sites (tertiary alicyclic amines) is 1. The van der Waals surface area contributed by atoms with Crippen molar-refractivity contribution in [2.45, 2.75) is 75.8 Å². The molecular weight excluding hydrogens is 779 g/mol. The second-order valence-corrected chi connectivity index (χ2v) is 17.0. The molecule has 6 atom stereocenters. The number of nitriles is 1. The smallest absolute Gasteiger partial charge is 0.337 e. The molecule has 292 valence electrons. The minimum absolute atomic E-state index is 0.0183. The van der Waals surface area contributed by atoms with Crippen molar-refractivity contribution in [2.24, 2.45) is 17.8 Å². The molecule has 14 heteroatoms. The molecule has 2 aliphatic carbocycles. The van der Waals surface area contributed by atoms with E-state index in [9.17, 15) is 28.0 Å². The molecule has 4 bridgehead atoms. The Morgan fingerprint density at radius 2 is 1.82 bits per heavy atom. The summed E-state index contributed by atoms with van der Waals surface area (Å²) in [5.74, 6) is -1.12. The Morgan fingerprint density at radius 3 is 2.49 bits per heavy atom. The van der Waals surface area contributed by atoms with Gasteiger partial charge in [0.05, 0.1) is 39.3 Å². The standard InChI is InChI=1S/C43H36Cl2F4N6O2/c1-20-28-17-32(39-24-16-33(55(39)41(56)21-7-8-21)42(57)53(19-24)26-11-9-25(10-12-26)43(47,48)49)54(38-23-15-31(38)51-18-23)40(28)29-14-22(4-3-13-50)34(36(46)37(29)52-20)27-5-2-6-30(44)35(27)45/h2,5-6,9-12,14,17,21,23-24,31,33,38-39,51H,3-4,7-8,15-16,18-19H2,1H3/t23-,24+,31-,33-,38+,39-/m1/s1. The number of amides is 2. The molecule has 6 heterocycles. The minimum Gasteiger partial charge on any atom is -0.337 e. The Hall–Kier alpha value is -4.70. The molecule has 8 nitrogen and oxygen atoms in total. The highest BCUT2D eigenvalue weighted by atomic mass is 35.5. The summed E-state index contributed by atoms with van der Waals surface area (Å²) in [7, 11) is 0. The number of halogens is 6. The van der Waals surface area contributed by atoms with Gasteiger partial charge in [0, 0.05) is 76.4 Å². The third kappa shape index (κ3) is 5.59.